The van der Waals surface area contributed by atoms with Crippen LogP contribution in [-0.4, -0.2) is 4.98 Å². The summed E-state index contributed by atoms with van der Waals surface area (Å²) in [5.41, 5.74) is 9.31. The standard InChI is InChI=1S/C39H26N2O/c1-3-12-27(13-4-1)29-18-11-19-32(22-29)41(35-21-10-9-20-33(35)28-14-5-2-6-15-28)36-25-40-26-38-39(36)34-23-30-16-7-8-17-31(30)24-37(34)42-38/h1-26H. The minimum atomic E-state index is 0.763. The summed E-state index contributed by atoms with van der Waals surface area (Å²) in [4.78, 5) is 7.02. The number of hydrogen-bond donors (Lipinski definition) is 0. The molecule has 0 bridgehead atoms. The van der Waals surface area contributed by atoms with Crippen molar-refractivity contribution in [3.8, 4) is 22.3 Å². The summed E-state index contributed by atoms with van der Waals surface area (Å²) in [7, 11) is 0. The van der Waals surface area contributed by atoms with E-state index >= 15 is 0 Å². The largest absolute Gasteiger partial charge is 0.454 e. The fourth-order valence-electron chi connectivity index (χ4n) is 5.96. The van der Waals surface area contributed by atoms with Crippen LogP contribution in [0.4, 0.5) is 17.1 Å². The highest BCUT2D eigenvalue weighted by Crippen LogP contribution is 2.46. The normalized spacial score (nSPS) is 11.3. The van der Waals surface area contributed by atoms with Crippen LogP contribution in [0.1, 0.15) is 0 Å². The van der Waals surface area contributed by atoms with Crippen LogP contribution >= 0.6 is 0 Å². The number of pyridine rings is 1. The number of hydrogen-bond acceptors (Lipinski definition) is 3. The Morgan fingerprint density at radius 1 is 0.476 bits per heavy atom. The van der Waals surface area contributed by atoms with Gasteiger partial charge in [-0.3, -0.25) is 4.98 Å². The van der Waals surface area contributed by atoms with E-state index in [0.717, 1.165) is 61.1 Å². The van der Waals surface area contributed by atoms with Gasteiger partial charge in [0, 0.05) is 16.6 Å². The van der Waals surface area contributed by atoms with Crippen molar-refractivity contribution in [1.29, 1.82) is 0 Å². The lowest BCUT2D eigenvalue weighted by Gasteiger charge is -2.28. The number of aromatic nitrogens is 1. The number of benzene rings is 6. The first-order valence-corrected chi connectivity index (χ1v) is 14.1. The van der Waals surface area contributed by atoms with Crippen LogP contribution in [0.2, 0.25) is 0 Å². The Balaban J connectivity index is 1.44. The summed E-state index contributed by atoms with van der Waals surface area (Å²) < 4.78 is 6.44. The molecule has 0 N–H and O–H groups in total. The second-order valence-electron chi connectivity index (χ2n) is 10.5. The molecule has 0 spiro atoms. The molecular weight excluding hydrogens is 512 g/mol. The van der Waals surface area contributed by atoms with E-state index in [-0.39, 0.29) is 0 Å². The summed E-state index contributed by atoms with van der Waals surface area (Å²) in [6.45, 7) is 0. The highest BCUT2D eigenvalue weighted by Gasteiger charge is 2.23. The SMILES string of the molecule is c1ccc(-c2cccc(N(c3ccccc3-c3ccccc3)c3cncc4oc5cc6ccccc6cc5c34)c2)cc1. The molecule has 0 aliphatic carbocycles. The molecule has 0 aliphatic heterocycles. The molecule has 8 aromatic rings. The Labute approximate surface area is 243 Å². The first-order chi connectivity index (χ1) is 20.8. The van der Waals surface area contributed by atoms with E-state index in [1.807, 2.05) is 12.4 Å². The third-order valence-electron chi connectivity index (χ3n) is 7.91. The maximum absolute atomic E-state index is 6.44. The van der Waals surface area contributed by atoms with Gasteiger partial charge in [0.05, 0.1) is 29.2 Å². The molecule has 3 heteroatoms. The van der Waals surface area contributed by atoms with Crippen molar-refractivity contribution in [2.45, 2.75) is 0 Å². The van der Waals surface area contributed by atoms with E-state index in [0.29, 0.717) is 0 Å². The minimum absolute atomic E-state index is 0.763. The van der Waals surface area contributed by atoms with Gasteiger partial charge >= 0.3 is 0 Å². The molecule has 198 valence electrons. The first-order valence-electron chi connectivity index (χ1n) is 14.1. The fraction of sp³-hybridized carbons (Fsp3) is 0. The Morgan fingerprint density at radius 3 is 1.95 bits per heavy atom. The molecule has 8 rings (SSSR count). The van der Waals surface area contributed by atoms with Gasteiger partial charge in [-0.05, 0) is 57.8 Å². The van der Waals surface area contributed by atoms with Gasteiger partial charge in [-0.2, -0.15) is 0 Å². The third kappa shape index (κ3) is 4.11. The van der Waals surface area contributed by atoms with Crippen molar-refractivity contribution >= 4 is 49.8 Å². The summed E-state index contributed by atoms with van der Waals surface area (Å²) in [5.74, 6) is 0. The zero-order valence-corrected chi connectivity index (χ0v) is 22.8. The highest BCUT2D eigenvalue weighted by molar-refractivity contribution is 6.16. The van der Waals surface area contributed by atoms with Crippen molar-refractivity contribution in [3.63, 3.8) is 0 Å². The molecule has 0 aliphatic rings. The van der Waals surface area contributed by atoms with E-state index in [2.05, 4.69) is 150 Å². The van der Waals surface area contributed by atoms with Crippen LogP contribution in [0.3, 0.4) is 0 Å². The molecule has 0 amide bonds. The third-order valence-corrected chi connectivity index (χ3v) is 7.91. The van der Waals surface area contributed by atoms with Gasteiger partial charge in [0.1, 0.15) is 5.58 Å². The summed E-state index contributed by atoms with van der Waals surface area (Å²) in [6.07, 6.45) is 3.79. The highest BCUT2D eigenvalue weighted by atomic mass is 16.3. The number of anilines is 3. The van der Waals surface area contributed by atoms with Crippen LogP contribution in [-0.2, 0) is 0 Å². The van der Waals surface area contributed by atoms with Gasteiger partial charge in [-0.25, -0.2) is 0 Å². The molecule has 42 heavy (non-hydrogen) atoms. The van der Waals surface area contributed by atoms with Crippen LogP contribution in [0.5, 0.6) is 0 Å². The monoisotopic (exact) mass is 538 g/mol. The van der Waals surface area contributed by atoms with Gasteiger partial charge in [0.15, 0.2) is 5.58 Å². The molecule has 0 saturated heterocycles. The van der Waals surface area contributed by atoms with Crippen LogP contribution in [0.15, 0.2) is 162 Å². The molecular formula is C39H26N2O. The average Bonchev–Trinajstić information content (AvgIpc) is 3.43. The van der Waals surface area contributed by atoms with Crippen LogP contribution in [0, 0.1) is 0 Å². The van der Waals surface area contributed by atoms with Crippen molar-refractivity contribution in [1.82, 2.24) is 4.98 Å². The maximum atomic E-state index is 6.44. The predicted molar refractivity (Wildman–Crippen MR) is 175 cm³/mol. The molecule has 0 saturated carbocycles. The molecule has 3 nitrogen and oxygen atoms in total. The number of rotatable bonds is 5. The van der Waals surface area contributed by atoms with E-state index < -0.39 is 0 Å². The summed E-state index contributed by atoms with van der Waals surface area (Å²) >= 11 is 0. The van der Waals surface area contributed by atoms with Crippen molar-refractivity contribution in [2.24, 2.45) is 0 Å². The molecule has 6 aromatic carbocycles. The Hall–Kier alpha value is -5.67. The molecule has 0 atom stereocenters. The topological polar surface area (TPSA) is 29.3 Å². The number of fused-ring (bicyclic) bond motifs is 4. The lowest BCUT2D eigenvalue weighted by Crippen LogP contribution is -2.12. The van der Waals surface area contributed by atoms with Gasteiger partial charge in [0.25, 0.3) is 0 Å². The summed E-state index contributed by atoms with van der Waals surface area (Å²) in [5, 5.41) is 4.44. The van der Waals surface area contributed by atoms with E-state index in [1.165, 1.54) is 10.9 Å². The lowest BCUT2D eigenvalue weighted by atomic mass is 10.00. The van der Waals surface area contributed by atoms with Gasteiger partial charge < -0.3 is 9.32 Å². The smallest absolute Gasteiger partial charge is 0.155 e. The lowest BCUT2D eigenvalue weighted by molar-refractivity contribution is 0.667. The second kappa shape index (κ2) is 10.1. The minimum Gasteiger partial charge on any atom is -0.454 e. The van der Waals surface area contributed by atoms with Gasteiger partial charge in [0.2, 0.25) is 0 Å². The van der Waals surface area contributed by atoms with E-state index in [9.17, 15) is 0 Å². The molecule has 2 heterocycles. The number of nitrogens with zero attached hydrogens (tertiary/aromatic N) is 2. The second-order valence-corrected chi connectivity index (χ2v) is 10.5. The van der Waals surface area contributed by atoms with Gasteiger partial charge in [-0.1, -0.05) is 115 Å². The molecule has 0 radical (unpaired) electrons. The van der Waals surface area contributed by atoms with E-state index in [1.54, 1.807) is 0 Å². The molecule has 2 aromatic heterocycles. The zero-order chi connectivity index (χ0) is 27.9. The maximum Gasteiger partial charge on any atom is 0.155 e. The number of para-hydroxylation sites is 1. The molecule has 0 fully saturated rings. The average molecular weight is 539 g/mol. The van der Waals surface area contributed by atoms with Crippen LogP contribution < -0.4 is 4.90 Å². The van der Waals surface area contributed by atoms with Gasteiger partial charge in [-0.15, -0.1) is 0 Å². The van der Waals surface area contributed by atoms with Crippen LogP contribution in [0.25, 0.3) is 55.0 Å². The van der Waals surface area contributed by atoms with Crippen molar-refractivity contribution in [2.75, 3.05) is 4.90 Å². The number of furan rings is 1. The zero-order valence-electron chi connectivity index (χ0n) is 22.8. The Kier molecular flexibility index (Phi) is 5.79. The van der Waals surface area contributed by atoms with Crippen molar-refractivity contribution < 1.29 is 4.42 Å². The summed E-state index contributed by atoms with van der Waals surface area (Å²) in [6, 6.07) is 51.2. The fourth-order valence-corrected chi connectivity index (χ4v) is 5.96. The predicted octanol–water partition coefficient (Wildman–Crippen LogP) is 10.9. The Bertz CT molecular complexity index is 2200. The van der Waals surface area contributed by atoms with Crippen molar-refractivity contribution in [3.05, 3.63) is 158 Å². The quantitative estimate of drug-likeness (QED) is 0.218. The Morgan fingerprint density at radius 2 is 1.14 bits per heavy atom. The van der Waals surface area contributed by atoms with E-state index in [4.69, 9.17) is 9.40 Å². The first kappa shape index (κ1) is 24.2. The molecule has 0 unspecified atom stereocenters.